The molecule has 7 heavy (non-hydrogen) atoms. The molecule has 0 aromatic rings. The zero-order valence-electron chi connectivity index (χ0n) is 3.77. The van der Waals surface area contributed by atoms with Gasteiger partial charge in [-0.25, -0.2) is 0 Å². The summed E-state index contributed by atoms with van der Waals surface area (Å²) in [5.74, 6) is 0. The van der Waals surface area contributed by atoms with Gasteiger partial charge in [-0.3, -0.25) is 0 Å². The van der Waals surface area contributed by atoms with E-state index in [9.17, 15) is 0 Å². The molecule has 40 valence electrons. The third kappa shape index (κ3) is 1.57. The van der Waals surface area contributed by atoms with Gasteiger partial charge in [-0.05, 0) is 6.42 Å². The number of alkyl halides is 2. The molecule has 2 atom stereocenters. The Morgan fingerprint density at radius 1 is 1.14 bits per heavy atom. The number of rotatable bonds is 0. The summed E-state index contributed by atoms with van der Waals surface area (Å²) in [6.07, 6.45) is 5.53. The lowest BCUT2D eigenvalue weighted by Crippen LogP contribution is -1.90. The Morgan fingerprint density at radius 3 is 1.71 bits per heavy atom. The van der Waals surface area contributed by atoms with Gasteiger partial charge in [0.05, 0.1) is 0 Å². The summed E-state index contributed by atoms with van der Waals surface area (Å²) >= 11 is 6.92. The highest BCUT2D eigenvalue weighted by Gasteiger charge is 2.11. The minimum Gasteiger partial charge on any atom is -0.0845 e. The predicted octanol–water partition coefficient (Wildman–Crippen LogP) is 2.47. The molecule has 0 saturated carbocycles. The van der Waals surface area contributed by atoms with E-state index in [1.54, 1.807) is 0 Å². The van der Waals surface area contributed by atoms with Gasteiger partial charge < -0.3 is 0 Å². The van der Waals surface area contributed by atoms with Crippen molar-refractivity contribution >= 4 is 31.9 Å². The van der Waals surface area contributed by atoms with Crippen molar-refractivity contribution in [2.45, 2.75) is 16.1 Å². The third-order valence-corrected chi connectivity index (χ3v) is 2.34. The first-order chi connectivity index (χ1) is 3.29. The summed E-state index contributed by atoms with van der Waals surface area (Å²) in [7, 11) is 0. The van der Waals surface area contributed by atoms with Crippen molar-refractivity contribution in [2.75, 3.05) is 0 Å². The fraction of sp³-hybridized carbons (Fsp3) is 0.600. The first-order valence-corrected chi connectivity index (χ1v) is 4.08. The normalized spacial score (nSPS) is 39.7. The van der Waals surface area contributed by atoms with Crippen LogP contribution in [-0.4, -0.2) is 9.65 Å². The Labute approximate surface area is 60.2 Å². The van der Waals surface area contributed by atoms with Gasteiger partial charge in [-0.1, -0.05) is 44.0 Å². The Hall–Kier alpha value is 0.700. The lowest BCUT2D eigenvalue weighted by molar-refractivity contribution is 0.982. The van der Waals surface area contributed by atoms with Gasteiger partial charge in [0.25, 0.3) is 0 Å². The molecule has 0 aliphatic heterocycles. The van der Waals surface area contributed by atoms with Crippen LogP contribution in [0.1, 0.15) is 6.42 Å². The van der Waals surface area contributed by atoms with Crippen molar-refractivity contribution < 1.29 is 0 Å². The number of allylic oxidation sites excluding steroid dienone is 2. The highest BCUT2D eigenvalue weighted by Crippen LogP contribution is 2.22. The molecule has 0 amide bonds. The second-order valence-electron chi connectivity index (χ2n) is 1.65. The molecule has 0 heterocycles. The van der Waals surface area contributed by atoms with Crippen molar-refractivity contribution in [3.63, 3.8) is 0 Å². The smallest absolute Gasteiger partial charge is 0.0339 e. The van der Waals surface area contributed by atoms with Gasteiger partial charge in [0.15, 0.2) is 0 Å². The maximum atomic E-state index is 3.46. The Kier molecular flexibility index (Phi) is 1.93. The quantitative estimate of drug-likeness (QED) is 0.439. The second kappa shape index (κ2) is 2.31. The number of halogens is 2. The van der Waals surface area contributed by atoms with E-state index in [2.05, 4.69) is 44.0 Å². The van der Waals surface area contributed by atoms with Crippen molar-refractivity contribution in [3.8, 4) is 0 Å². The second-order valence-corrected chi connectivity index (χ2v) is 4.00. The van der Waals surface area contributed by atoms with Gasteiger partial charge in [0, 0.05) is 9.65 Å². The van der Waals surface area contributed by atoms with Gasteiger partial charge >= 0.3 is 0 Å². The lowest BCUT2D eigenvalue weighted by atomic mass is 10.4. The van der Waals surface area contributed by atoms with Gasteiger partial charge in [0.1, 0.15) is 0 Å². The molecule has 0 unspecified atom stereocenters. The minimum absolute atomic E-state index is 0.608. The minimum atomic E-state index is 0.608. The zero-order valence-corrected chi connectivity index (χ0v) is 6.94. The van der Waals surface area contributed by atoms with Crippen molar-refractivity contribution in [1.29, 1.82) is 0 Å². The highest BCUT2D eigenvalue weighted by molar-refractivity contribution is 9.10. The molecule has 0 aromatic heterocycles. The number of hydrogen-bond donors (Lipinski definition) is 0. The van der Waals surface area contributed by atoms with E-state index in [0.29, 0.717) is 9.65 Å². The topological polar surface area (TPSA) is 0 Å². The first-order valence-electron chi connectivity index (χ1n) is 2.25. The molecule has 0 N–H and O–H groups in total. The SMILES string of the molecule is Br[C@H]1C=C[C@H](Br)C1. The van der Waals surface area contributed by atoms with E-state index in [1.165, 1.54) is 6.42 Å². The van der Waals surface area contributed by atoms with E-state index in [4.69, 9.17) is 0 Å². The average Bonchev–Trinajstić information content (AvgIpc) is 1.87. The van der Waals surface area contributed by atoms with E-state index >= 15 is 0 Å². The van der Waals surface area contributed by atoms with Crippen LogP contribution in [-0.2, 0) is 0 Å². The van der Waals surface area contributed by atoms with Crippen LogP contribution < -0.4 is 0 Å². The fourth-order valence-corrected chi connectivity index (χ4v) is 2.27. The molecule has 1 aliphatic carbocycles. The standard InChI is InChI=1S/C5H6Br2/c6-4-1-2-5(7)3-4/h1-2,4-5H,3H2/t4-,5-/m0/s1. The van der Waals surface area contributed by atoms with E-state index < -0.39 is 0 Å². The molecule has 0 aromatic carbocycles. The average molecular weight is 226 g/mol. The Morgan fingerprint density at radius 2 is 1.57 bits per heavy atom. The van der Waals surface area contributed by atoms with Crippen LogP contribution in [0.25, 0.3) is 0 Å². The van der Waals surface area contributed by atoms with Crippen LogP contribution in [0, 0.1) is 0 Å². The van der Waals surface area contributed by atoms with Crippen molar-refractivity contribution in [1.82, 2.24) is 0 Å². The summed E-state index contributed by atoms with van der Waals surface area (Å²) in [6, 6.07) is 0. The molecule has 0 spiro atoms. The number of hydrogen-bond acceptors (Lipinski definition) is 0. The molecule has 0 nitrogen and oxygen atoms in total. The Bertz CT molecular complexity index is 78.1. The molecule has 0 bridgehead atoms. The van der Waals surface area contributed by atoms with Gasteiger partial charge in [0.2, 0.25) is 0 Å². The predicted molar refractivity (Wildman–Crippen MR) is 39.2 cm³/mol. The summed E-state index contributed by atoms with van der Waals surface area (Å²) in [6.45, 7) is 0. The summed E-state index contributed by atoms with van der Waals surface area (Å²) in [5, 5.41) is 0. The van der Waals surface area contributed by atoms with Crippen LogP contribution in [0.2, 0.25) is 0 Å². The van der Waals surface area contributed by atoms with Crippen LogP contribution in [0.5, 0.6) is 0 Å². The Balaban J connectivity index is 2.42. The zero-order chi connectivity index (χ0) is 5.28. The molecule has 1 aliphatic rings. The molecule has 2 heteroatoms. The summed E-state index contributed by atoms with van der Waals surface area (Å²) in [4.78, 5) is 1.22. The third-order valence-electron chi connectivity index (χ3n) is 0.979. The molecule has 0 fully saturated rings. The largest absolute Gasteiger partial charge is 0.0845 e. The van der Waals surface area contributed by atoms with Crippen LogP contribution >= 0.6 is 31.9 Å². The molecule has 0 radical (unpaired) electrons. The first kappa shape index (κ1) is 5.83. The van der Waals surface area contributed by atoms with Crippen molar-refractivity contribution in [2.24, 2.45) is 0 Å². The monoisotopic (exact) mass is 224 g/mol. The van der Waals surface area contributed by atoms with Gasteiger partial charge in [-0.2, -0.15) is 0 Å². The van der Waals surface area contributed by atoms with Crippen molar-refractivity contribution in [3.05, 3.63) is 12.2 Å². The van der Waals surface area contributed by atoms with E-state index in [1.807, 2.05) is 0 Å². The molecule has 1 rings (SSSR count). The van der Waals surface area contributed by atoms with Crippen LogP contribution in [0.4, 0.5) is 0 Å². The van der Waals surface area contributed by atoms with Crippen LogP contribution in [0.3, 0.4) is 0 Å². The maximum absolute atomic E-state index is 3.46. The fourth-order valence-electron chi connectivity index (χ4n) is 0.613. The summed E-state index contributed by atoms with van der Waals surface area (Å²) in [5.41, 5.74) is 0. The molecule has 0 saturated heterocycles. The molecular weight excluding hydrogens is 220 g/mol. The highest BCUT2D eigenvalue weighted by atomic mass is 79.9. The summed E-state index contributed by atoms with van der Waals surface area (Å²) < 4.78 is 0. The van der Waals surface area contributed by atoms with E-state index in [-0.39, 0.29) is 0 Å². The molecular formula is C5H6Br2. The van der Waals surface area contributed by atoms with E-state index in [0.717, 1.165) is 0 Å². The maximum Gasteiger partial charge on any atom is 0.0339 e. The van der Waals surface area contributed by atoms with Crippen LogP contribution in [0.15, 0.2) is 12.2 Å². The lowest BCUT2D eigenvalue weighted by Gasteiger charge is -1.94. The van der Waals surface area contributed by atoms with Gasteiger partial charge in [-0.15, -0.1) is 0 Å².